The Balaban J connectivity index is 1.41. The van der Waals surface area contributed by atoms with Crippen LogP contribution in [0.15, 0.2) is 65.2 Å². The van der Waals surface area contributed by atoms with E-state index in [0.717, 1.165) is 31.5 Å². The monoisotopic (exact) mass is 332 g/mol. The average molecular weight is 332 g/mol. The Labute approximate surface area is 147 Å². The zero-order valence-corrected chi connectivity index (χ0v) is 14.0. The first-order chi connectivity index (χ1) is 12.3. The first-order valence-corrected chi connectivity index (χ1v) is 8.65. The fourth-order valence-corrected chi connectivity index (χ4v) is 3.27. The molecular formula is C21H20N2O2. The predicted octanol–water partition coefficient (Wildman–Crippen LogP) is 3.66. The van der Waals surface area contributed by atoms with Crippen LogP contribution in [-0.2, 0) is 25.8 Å². The maximum atomic E-state index is 12.7. The van der Waals surface area contributed by atoms with E-state index >= 15 is 0 Å². The number of aromatic nitrogens is 1. The van der Waals surface area contributed by atoms with Crippen LogP contribution in [-0.4, -0.2) is 22.5 Å². The SMILES string of the molecule is O=C(c1cc(CCc2ccccc2)no1)N1CCc2ccccc2C1. The van der Waals surface area contributed by atoms with Gasteiger partial charge in [-0.05, 0) is 36.0 Å². The van der Waals surface area contributed by atoms with E-state index in [1.807, 2.05) is 35.2 Å². The minimum atomic E-state index is -0.0760. The molecule has 0 saturated carbocycles. The van der Waals surface area contributed by atoms with Crippen LogP contribution in [0.5, 0.6) is 0 Å². The number of amides is 1. The number of carbonyl (C=O) groups excluding carboxylic acids is 1. The summed E-state index contributed by atoms with van der Waals surface area (Å²) in [6, 6.07) is 20.3. The third-order valence-corrected chi connectivity index (χ3v) is 4.70. The average Bonchev–Trinajstić information content (AvgIpc) is 3.15. The third kappa shape index (κ3) is 3.48. The van der Waals surface area contributed by atoms with Crippen LogP contribution >= 0.6 is 0 Å². The van der Waals surface area contributed by atoms with Crippen LogP contribution in [0, 0.1) is 0 Å². The summed E-state index contributed by atoms with van der Waals surface area (Å²) in [5.74, 6) is 0.260. The first-order valence-electron chi connectivity index (χ1n) is 8.65. The van der Waals surface area contributed by atoms with Gasteiger partial charge in [0.2, 0.25) is 5.76 Å². The van der Waals surface area contributed by atoms with Crippen molar-refractivity contribution in [3.63, 3.8) is 0 Å². The van der Waals surface area contributed by atoms with E-state index in [1.54, 1.807) is 6.07 Å². The van der Waals surface area contributed by atoms with Crippen LogP contribution in [0.1, 0.15) is 32.9 Å². The molecule has 0 bridgehead atoms. The van der Waals surface area contributed by atoms with E-state index in [1.165, 1.54) is 16.7 Å². The van der Waals surface area contributed by atoms with E-state index in [0.29, 0.717) is 12.3 Å². The van der Waals surface area contributed by atoms with Gasteiger partial charge >= 0.3 is 0 Å². The number of hydrogen-bond acceptors (Lipinski definition) is 3. The fourth-order valence-electron chi connectivity index (χ4n) is 3.27. The third-order valence-electron chi connectivity index (χ3n) is 4.70. The van der Waals surface area contributed by atoms with Crippen molar-refractivity contribution in [3.8, 4) is 0 Å². The lowest BCUT2D eigenvalue weighted by Gasteiger charge is -2.27. The summed E-state index contributed by atoms with van der Waals surface area (Å²) in [5, 5.41) is 4.07. The summed E-state index contributed by atoms with van der Waals surface area (Å²) in [6.07, 6.45) is 2.54. The van der Waals surface area contributed by atoms with E-state index in [4.69, 9.17) is 4.52 Å². The normalized spacial score (nSPS) is 13.5. The smallest absolute Gasteiger partial charge is 0.292 e. The summed E-state index contributed by atoms with van der Waals surface area (Å²) < 4.78 is 5.31. The lowest BCUT2D eigenvalue weighted by atomic mass is 10.00. The highest BCUT2D eigenvalue weighted by molar-refractivity contribution is 5.91. The van der Waals surface area contributed by atoms with Crippen molar-refractivity contribution >= 4 is 5.91 Å². The Bertz CT molecular complexity index is 870. The zero-order chi connectivity index (χ0) is 17.1. The molecule has 0 radical (unpaired) electrons. The van der Waals surface area contributed by atoms with Crippen LogP contribution in [0.25, 0.3) is 0 Å². The van der Waals surface area contributed by atoms with Crippen LogP contribution < -0.4 is 0 Å². The lowest BCUT2D eigenvalue weighted by Crippen LogP contribution is -2.35. The van der Waals surface area contributed by atoms with Gasteiger partial charge in [-0.1, -0.05) is 59.8 Å². The summed E-state index contributed by atoms with van der Waals surface area (Å²) in [4.78, 5) is 14.5. The molecule has 25 heavy (non-hydrogen) atoms. The summed E-state index contributed by atoms with van der Waals surface area (Å²) in [5.41, 5.74) is 4.62. The molecule has 0 saturated heterocycles. The number of hydrogen-bond donors (Lipinski definition) is 0. The molecule has 1 aliphatic rings. The maximum Gasteiger partial charge on any atom is 0.292 e. The van der Waals surface area contributed by atoms with Crippen molar-refractivity contribution in [1.82, 2.24) is 10.1 Å². The minimum Gasteiger partial charge on any atom is -0.351 e. The molecule has 126 valence electrons. The number of rotatable bonds is 4. The molecule has 0 atom stereocenters. The highest BCUT2D eigenvalue weighted by Gasteiger charge is 2.24. The maximum absolute atomic E-state index is 12.7. The van der Waals surface area contributed by atoms with E-state index in [9.17, 15) is 4.79 Å². The number of aryl methyl sites for hydroxylation is 2. The highest BCUT2D eigenvalue weighted by atomic mass is 16.5. The van der Waals surface area contributed by atoms with E-state index in [-0.39, 0.29) is 5.91 Å². The van der Waals surface area contributed by atoms with Gasteiger partial charge in [0.1, 0.15) is 0 Å². The Morgan fingerprint density at radius 3 is 2.60 bits per heavy atom. The molecule has 0 aliphatic carbocycles. The second kappa shape index (κ2) is 6.93. The quantitative estimate of drug-likeness (QED) is 0.732. The Morgan fingerprint density at radius 1 is 1.00 bits per heavy atom. The van der Waals surface area contributed by atoms with Crippen LogP contribution in [0.3, 0.4) is 0 Å². The summed E-state index contributed by atoms with van der Waals surface area (Å²) in [6.45, 7) is 1.35. The van der Waals surface area contributed by atoms with Gasteiger partial charge in [0.05, 0.1) is 5.69 Å². The summed E-state index contributed by atoms with van der Waals surface area (Å²) >= 11 is 0. The molecule has 4 rings (SSSR count). The number of carbonyl (C=O) groups is 1. The predicted molar refractivity (Wildman–Crippen MR) is 95.2 cm³/mol. The van der Waals surface area contributed by atoms with Gasteiger partial charge in [0, 0.05) is 19.2 Å². The van der Waals surface area contributed by atoms with E-state index in [2.05, 4.69) is 29.4 Å². The van der Waals surface area contributed by atoms with Gasteiger partial charge in [0.15, 0.2) is 0 Å². The molecule has 2 heterocycles. The molecule has 1 aliphatic heterocycles. The van der Waals surface area contributed by atoms with Gasteiger partial charge in [-0.3, -0.25) is 4.79 Å². The summed E-state index contributed by atoms with van der Waals surface area (Å²) in [7, 11) is 0. The topological polar surface area (TPSA) is 46.3 Å². The molecule has 1 amide bonds. The second-order valence-electron chi connectivity index (χ2n) is 6.41. The Kier molecular flexibility index (Phi) is 4.34. The molecule has 0 unspecified atom stereocenters. The largest absolute Gasteiger partial charge is 0.351 e. The number of fused-ring (bicyclic) bond motifs is 1. The molecule has 1 aromatic heterocycles. The molecule has 4 nitrogen and oxygen atoms in total. The van der Waals surface area contributed by atoms with Gasteiger partial charge in [-0.15, -0.1) is 0 Å². The minimum absolute atomic E-state index is 0.0760. The van der Waals surface area contributed by atoms with Gasteiger partial charge in [-0.2, -0.15) is 0 Å². The molecule has 3 aromatic rings. The van der Waals surface area contributed by atoms with Gasteiger partial charge in [0.25, 0.3) is 5.91 Å². The Morgan fingerprint density at radius 2 is 1.76 bits per heavy atom. The number of benzene rings is 2. The van der Waals surface area contributed by atoms with Crippen LogP contribution in [0.2, 0.25) is 0 Å². The molecule has 0 spiro atoms. The molecule has 4 heteroatoms. The van der Waals surface area contributed by atoms with Crippen LogP contribution in [0.4, 0.5) is 0 Å². The molecule has 0 fully saturated rings. The zero-order valence-electron chi connectivity index (χ0n) is 14.0. The fraction of sp³-hybridized carbons (Fsp3) is 0.238. The van der Waals surface area contributed by atoms with Crippen molar-refractivity contribution < 1.29 is 9.32 Å². The van der Waals surface area contributed by atoms with Crippen molar-refractivity contribution in [1.29, 1.82) is 0 Å². The second-order valence-corrected chi connectivity index (χ2v) is 6.41. The Hall–Kier alpha value is -2.88. The van der Waals surface area contributed by atoms with Crippen molar-refractivity contribution in [3.05, 3.63) is 88.8 Å². The molecular weight excluding hydrogens is 312 g/mol. The van der Waals surface area contributed by atoms with Crippen molar-refractivity contribution in [2.45, 2.75) is 25.8 Å². The van der Waals surface area contributed by atoms with Gasteiger partial charge < -0.3 is 9.42 Å². The van der Waals surface area contributed by atoms with Crippen molar-refractivity contribution in [2.75, 3.05) is 6.54 Å². The van der Waals surface area contributed by atoms with E-state index < -0.39 is 0 Å². The van der Waals surface area contributed by atoms with Crippen molar-refractivity contribution in [2.24, 2.45) is 0 Å². The molecule has 2 aromatic carbocycles. The molecule has 0 N–H and O–H groups in total. The highest BCUT2D eigenvalue weighted by Crippen LogP contribution is 2.20. The lowest BCUT2D eigenvalue weighted by molar-refractivity contribution is 0.0692. The standard InChI is InChI=1S/C21H20N2O2/c24-21(23-13-12-17-8-4-5-9-18(17)15-23)20-14-19(22-25-20)11-10-16-6-2-1-3-7-16/h1-9,14H,10-13,15H2. The number of nitrogens with zero attached hydrogens (tertiary/aromatic N) is 2. The first kappa shape index (κ1) is 15.6. The van der Waals surface area contributed by atoms with Gasteiger partial charge in [-0.25, -0.2) is 0 Å².